The van der Waals surface area contributed by atoms with E-state index in [9.17, 15) is 9.59 Å². The predicted molar refractivity (Wildman–Crippen MR) is 110 cm³/mol. The van der Waals surface area contributed by atoms with Crippen LogP contribution in [0, 0.1) is 11.3 Å². The zero-order valence-corrected chi connectivity index (χ0v) is 17.1. The molecule has 30 heavy (non-hydrogen) atoms. The molecule has 0 unspecified atom stereocenters. The number of hydrogen-bond donors (Lipinski definition) is 2. The van der Waals surface area contributed by atoms with Crippen LogP contribution < -0.4 is 5.32 Å². The zero-order valence-electron chi connectivity index (χ0n) is 17.1. The van der Waals surface area contributed by atoms with Crippen LogP contribution in [-0.2, 0) is 0 Å². The summed E-state index contributed by atoms with van der Waals surface area (Å²) in [4.78, 5) is 25.8. The second-order valence-electron chi connectivity index (χ2n) is 8.30. The molecule has 156 valence electrons. The van der Waals surface area contributed by atoms with Crippen molar-refractivity contribution in [3.05, 3.63) is 41.1 Å². The highest BCUT2D eigenvalue weighted by Crippen LogP contribution is 2.46. The van der Waals surface area contributed by atoms with Crippen LogP contribution in [0.5, 0.6) is 0 Å². The maximum atomic E-state index is 13.3. The Labute approximate surface area is 175 Å². The lowest BCUT2D eigenvalue weighted by Gasteiger charge is -2.16. The van der Waals surface area contributed by atoms with Gasteiger partial charge in [-0.1, -0.05) is 12.1 Å². The number of aromatic nitrogens is 2. The highest BCUT2D eigenvalue weighted by molar-refractivity contribution is 5.96. The Morgan fingerprint density at radius 1 is 1.23 bits per heavy atom. The van der Waals surface area contributed by atoms with Crippen molar-refractivity contribution in [1.29, 1.82) is 5.26 Å². The number of nitriles is 1. The van der Waals surface area contributed by atoms with Crippen molar-refractivity contribution >= 4 is 12.0 Å². The Bertz CT molecular complexity index is 1010. The topological polar surface area (TPSA) is 111 Å². The van der Waals surface area contributed by atoms with E-state index in [4.69, 9.17) is 15.5 Å². The van der Waals surface area contributed by atoms with Gasteiger partial charge in [-0.15, -0.1) is 0 Å². The van der Waals surface area contributed by atoms with E-state index in [0.29, 0.717) is 36.7 Å². The molecular formula is C22H25N5O3. The summed E-state index contributed by atoms with van der Waals surface area (Å²) in [7, 11) is 0. The summed E-state index contributed by atoms with van der Waals surface area (Å²) < 4.78 is 1.78. The van der Waals surface area contributed by atoms with Gasteiger partial charge in [0.1, 0.15) is 5.69 Å². The summed E-state index contributed by atoms with van der Waals surface area (Å²) in [6.45, 7) is 4.71. The molecule has 1 saturated heterocycles. The molecule has 1 aromatic carbocycles. The SMILES string of the molecule is CC(C)n1nc(-c2ccc(C#N)cc2)c(C2CC2)c1C(=O)N[C@@H]1CCN(C(=O)O)C1. The number of carboxylic acid groups (broad SMARTS) is 1. The summed E-state index contributed by atoms with van der Waals surface area (Å²) in [5.74, 6) is 0.0956. The third kappa shape index (κ3) is 3.75. The molecule has 4 rings (SSSR count). The normalized spacial score (nSPS) is 18.5. The van der Waals surface area contributed by atoms with Crippen LogP contribution in [0.3, 0.4) is 0 Å². The third-order valence-electron chi connectivity index (χ3n) is 5.72. The van der Waals surface area contributed by atoms with E-state index in [1.807, 2.05) is 26.0 Å². The maximum Gasteiger partial charge on any atom is 0.407 e. The van der Waals surface area contributed by atoms with Crippen LogP contribution in [-0.4, -0.2) is 50.9 Å². The van der Waals surface area contributed by atoms with Crippen molar-refractivity contribution in [2.24, 2.45) is 0 Å². The lowest BCUT2D eigenvalue weighted by atomic mass is 10.0. The number of likely N-dealkylation sites (tertiary alicyclic amines) is 1. The van der Waals surface area contributed by atoms with Crippen molar-refractivity contribution in [2.45, 2.75) is 51.1 Å². The van der Waals surface area contributed by atoms with Crippen molar-refractivity contribution in [3.8, 4) is 17.3 Å². The largest absolute Gasteiger partial charge is 0.465 e. The number of nitrogens with zero attached hydrogens (tertiary/aromatic N) is 4. The van der Waals surface area contributed by atoms with E-state index in [1.165, 1.54) is 4.90 Å². The van der Waals surface area contributed by atoms with E-state index < -0.39 is 6.09 Å². The molecule has 1 saturated carbocycles. The van der Waals surface area contributed by atoms with E-state index >= 15 is 0 Å². The molecule has 0 bridgehead atoms. The quantitative estimate of drug-likeness (QED) is 0.789. The minimum atomic E-state index is -0.958. The number of amides is 2. The molecule has 2 aromatic rings. The summed E-state index contributed by atoms with van der Waals surface area (Å²) in [5, 5.41) is 26.1. The first-order valence-electron chi connectivity index (χ1n) is 10.3. The molecule has 2 heterocycles. The van der Waals surface area contributed by atoms with Crippen LogP contribution in [0.4, 0.5) is 4.79 Å². The highest BCUT2D eigenvalue weighted by atomic mass is 16.4. The second-order valence-corrected chi connectivity index (χ2v) is 8.30. The second kappa shape index (κ2) is 7.82. The zero-order chi connectivity index (χ0) is 21.4. The Hall–Kier alpha value is -3.34. The summed E-state index contributed by atoms with van der Waals surface area (Å²) in [6, 6.07) is 9.20. The van der Waals surface area contributed by atoms with Gasteiger partial charge in [0, 0.05) is 36.3 Å². The van der Waals surface area contributed by atoms with Gasteiger partial charge < -0.3 is 15.3 Å². The third-order valence-corrected chi connectivity index (χ3v) is 5.72. The average Bonchev–Trinajstić information content (AvgIpc) is 3.31. The van der Waals surface area contributed by atoms with Crippen LogP contribution >= 0.6 is 0 Å². The maximum absolute atomic E-state index is 13.3. The van der Waals surface area contributed by atoms with Crippen molar-refractivity contribution in [3.63, 3.8) is 0 Å². The molecular weight excluding hydrogens is 382 g/mol. The van der Waals surface area contributed by atoms with Gasteiger partial charge in [-0.05, 0) is 51.2 Å². The minimum Gasteiger partial charge on any atom is -0.465 e. The van der Waals surface area contributed by atoms with Crippen LogP contribution in [0.15, 0.2) is 24.3 Å². The van der Waals surface area contributed by atoms with Crippen molar-refractivity contribution in [1.82, 2.24) is 20.0 Å². The monoisotopic (exact) mass is 407 g/mol. The summed E-state index contributed by atoms with van der Waals surface area (Å²) in [6.07, 6.45) is 1.68. The number of carbonyl (C=O) groups is 2. The summed E-state index contributed by atoms with van der Waals surface area (Å²) in [5.41, 5.74) is 3.79. The Balaban J connectivity index is 1.69. The molecule has 0 spiro atoms. The summed E-state index contributed by atoms with van der Waals surface area (Å²) >= 11 is 0. The Morgan fingerprint density at radius 2 is 1.93 bits per heavy atom. The molecule has 8 nitrogen and oxygen atoms in total. The Kier molecular flexibility index (Phi) is 5.20. The molecule has 2 fully saturated rings. The van der Waals surface area contributed by atoms with Gasteiger partial charge in [0.05, 0.1) is 17.3 Å². The fourth-order valence-corrected chi connectivity index (χ4v) is 4.03. The van der Waals surface area contributed by atoms with E-state index in [-0.39, 0.29) is 18.0 Å². The van der Waals surface area contributed by atoms with Crippen LogP contribution in [0.1, 0.15) is 66.7 Å². The molecule has 2 N–H and O–H groups in total. The van der Waals surface area contributed by atoms with Gasteiger partial charge >= 0.3 is 6.09 Å². The van der Waals surface area contributed by atoms with E-state index in [2.05, 4.69) is 11.4 Å². The lowest BCUT2D eigenvalue weighted by molar-refractivity contribution is 0.0922. The Morgan fingerprint density at radius 3 is 2.47 bits per heavy atom. The molecule has 0 radical (unpaired) electrons. The van der Waals surface area contributed by atoms with Gasteiger partial charge in [0.15, 0.2) is 0 Å². The molecule has 8 heteroatoms. The molecule has 1 aromatic heterocycles. The minimum absolute atomic E-state index is 0.00511. The van der Waals surface area contributed by atoms with E-state index in [1.54, 1.807) is 16.8 Å². The number of carbonyl (C=O) groups excluding carboxylic acids is 1. The molecule has 1 aliphatic heterocycles. The van der Waals surface area contributed by atoms with Crippen LogP contribution in [0.2, 0.25) is 0 Å². The van der Waals surface area contributed by atoms with Gasteiger partial charge in [-0.25, -0.2) is 4.79 Å². The fraction of sp³-hybridized carbons (Fsp3) is 0.455. The van der Waals surface area contributed by atoms with Crippen molar-refractivity contribution < 1.29 is 14.7 Å². The number of hydrogen-bond acceptors (Lipinski definition) is 4. The average molecular weight is 407 g/mol. The molecule has 1 aliphatic carbocycles. The first kappa shape index (κ1) is 20.0. The van der Waals surface area contributed by atoms with Gasteiger partial charge in [0.25, 0.3) is 5.91 Å². The first-order valence-corrected chi connectivity index (χ1v) is 10.3. The van der Waals surface area contributed by atoms with Gasteiger partial charge in [-0.3, -0.25) is 9.48 Å². The fourth-order valence-electron chi connectivity index (χ4n) is 4.03. The molecule has 2 aliphatic rings. The first-order chi connectivity index (χ1) is 14.4. The smallest absolute Gasteiger partial charge is 0.407 e. The van der Waals surface area contributed by atoms with Crippen LogP contribution in [0.25, 0.3) is 11.3 Å². The number of benzene rings is 1. The predicted octanol–water partition coefficient (Wildman–Crippen LogP) is 3.36. The van der Waals surface area contributed by atoms with Gasteiger partial charge in [-0.2, -0.15) is 10.4 Å². The van der Waals surface area contributed by atoms with Gasteiger partial charge in [0.2, 0.25) is 0 Å². The number of nitrogens with one attached hydrogen (secondary N) is 1. The highest BCUT2D eigenvalue weighted by Gasteiger charge is 2.37. The lowest BCUT2D eigenvalue weighted by Crippen LogP contribution is -2.39. The standard InChI is InChI=1S/C22H25N5O3/c1-13(2)27-20(21(28)24-17-9-10-26(12-17)22(29)30)18(15-7-8-15)19(25-27)16-5-3-14(11-23)4-6-16/h3-6,13,15,17H,7-10,12H2,1-2H3,(H,24,28)(H,29,30)/t17-/m1/s1. The van der Waals surface area contributed by atoms with Crippen molar-refractivity contribution in [2.75, 3.05) is 13.1 Å². The van der Waals surface area contributed by atoms with E-state index in [0.717, 1.165) is 29.7 Å². The molecule has 1 atom stereocenters. The number of rotatable bonds is 5. The molecule has 2 amide bonds.